The molecule has 1 heterocycles. The van der Waals surface area contributed by atoms with E-state index in [1.165, 1.54) is 0 Å². The lowest BCUT2D eigenvalue weighted by Crippen LogP contribution is -2.12. The third-order valence-electron chi connectivity index (χ3n) is 3.64. The van der Waals surface area contributed by atoms with Crippen LogP contribution >= 0.6 is 0 Å². The van der Waals surface area contributed by atoms with Crippen LogP contribution in [0.5, 0.6) is 5.88 Å². The normalized spacial score (nSPS) is 10.6. The van der Waals surface area contributed by atoms with Crippen LogP contribution in [0, 0.1) is 0 Å². The van der Waals surface area contributed by atoms with E-state index in [1.807, 2.05) is 43.3 Å². The van der Waals surface area contributed by atoms with E-state index >= 15 is 0 Å². The summed E-state index contributed by atoms with van der Waals surface area (Å²) >= 11 is 0. The van der Waals surface area contributed by atoms with Crippen LogP contribution in [0.3, 0.4) is 0 Å². The van der Waals surface area contributed by atoms with E-state index in [2.05, 4.69) is 9.97 Å². The molecule has 2 aromatic carbocycles. The number of rotatable bonds is 5. The van der Waals surface area contributed by atoms with Gasteiger partial charge in [0.25, 0.3) is 0 Å². The fourth-order valence-electron chi connectivity index (χ4n) is 2.54. The lowest BCUT2D eigenvalue weighted by molar-refractivity contribution is 0.0514. The molecule has 0 aliphatic heterocycles. The van der Waals surface area contributed by atoms with Gasteiger partial charge in [-0.05, 0) is 31.5 Å². The van der Waals surface area contributed by atoms with Gasteiger partial charge in [-0.3, -0.25) is 0 Å². The molecule has 0 amide bonds. The first-order chi connectivity index (χ1) is 12.1. The summed E-state index contributed by atoms with van der Waals surface area (Å²) < 4.78 is 10.5. The Bertz CT molecular complexity index is 911. The molecule has 6 nitrogen and oxygen atoms in total. The molecule has 0 aliphatic rings. The highest BCUT2D eigenvalue weighted by Crippen LogP contribution is 2.30. The van der Waals surface area contributed by atoms with E-state index < -0.39 is 5.97 Å². The summed E-state index contributed by atoms with van der Waals surface area (Å²) in [5, 5.41) is 0. The number of nitrogens with two attached hydrogens (primary N) is 1. The van der Waals surface area contributed by atoms with Gasteiger partial charge in [0, 0.05) is 11.3 Å². The number of esters is 1. The Labute approximate surface area is 145 Å². The van der Waals surface area contributed by atoms with Gasteiger partial charge < -0.3 is 15.2 Å². The fourth-order valence-corrected chi connectivity index (χ4v) is 2.54. The number of carbonyl (C=O) groups is 1. The first-order valence-corrected chi connectivity index (χ1v) is 8.10. The van der Waals surface area contributed by atoms with E-state index in [0.717, 1.165) is 11.1 Å². The van der Waals surface area contributed by atoms with Gasteiger partial charge in [0.1, 0.15) is 0 Å². The molecule has 0 bridgehead atoms. The van der Waals surface area contributed by atoms with Crippen LogP contribution in [-0.2, 0) is 4.74 Å². The number of ether oxygens (including phenoxy) is 2. The minimum Gasteiger partial charge on any atom is -0.476 e. The van der Waals surface area contributed by atoms with Gasteiger partial charge in [-0.2, -0.15) is 0 Å². The molecule has 0 aliphatic carbocycles. The summed E-state index contributed by atoms with van der Waals surface area (Å²) in [7, 11) is 0. The maximum absolute atomic E-state index is 12.2. The van der Waals surface area contributed by atoms with Crippen molar-refractivity contribution in [3.8, 4) is 17.0 Å². The average Bonchev–Trinajstić information content (AvgIpc) is 2.62. The number of nitrogens with zero attached hydrogens (tertiary/aromatic N) is 2. The van der Waals surface area contributed by atoms with E-state index in [-0.39, 0.29) is 18.2 Å². The van der Waals surface area contributed by atoms with E-state index in [4.69, 9.17) is 15.2 Å². The molecular weight excluding hydrogens is 318 g/mol. The molecule has 3 aromatic rings. The Morgan fingerprint density at radius 3 is 2.44 bits per heavy atom. The second kappa shape index (κ2) is 7.17. The van der Waals surface area contributed by atoms with E-state index in [0.29, 0.717) is 23.3 Å². The summed E-state index contributed by atoms with van der Waals surface area (Å²) in [6.07, 6.45) is 0. The SMILES string of the molecule is CCOC(=O)c1nc2cc(-c3ccccc3)c(N)cc2nc1OCC. The Morgan fingerprint density at radius 2 is 1.76 bits per heavy atom. The summed E-state index contributed by atoms with van der Waals surface area (Å²) in [6, 6.07) is 13.3. The number of hydrogen-bond donors (Lipinski definition) is 1. The minimum atomic E-state index is -0.557. The van der Waals surface area contributed by atoms with Crippen molar-refractivity contribution in [2.24, 2.45) is 0 Å². The zero-order valence-corrected chi connectivity index (χ0v) is 14.2. The molecule has 6 heteroatoms. The van der Waals surface area contributed by atoms with E-state index in [1.54, 1.807) is 13.0 Å². The molecule has 3 rings (SSSR count). The van der Waals surface area contributed by atoms with Crippen LogP contribution in [0.4, 0.5) is 5.69 Å². The van der Waals surface area contributed by atoms with Crippen LogP contribution in [-0.4, -0.2) is 29.2 Å². The Hall–Kier alpha value is -3.15. The first kappa shape index (κ1) is 16.7. The van der Waals surface area contributed by atoms with Crippen LogP contribution in [0.15, 0.2) is 42.5 Å². The molecule has 128 valence electrons. The number of fused-ring (bicyclic) bond motifs is 1. The number of aromatic nitrogens is 2. The molecule has 0 atom stereocenters. The predicted octanol–water partition coefficient (Wildman–Crippen LogP) is 3.45. The molecule has 0 unspecified atom stereocenters. The summed E-state index contributed by atoms with van der Waals surface area (Å²) in [6.45, 7) is 4.17. The van der Waals surface area contributed by atoms with Crippen molar-refractivity contribution < 1.29 is 14.3 Å². The summed E-state index contributed by atoms with van der Waals surface area (Å²) in [4.78, 5) is 21.0. The third kappa shape index (κ3) is 3.38. The second-order valence-corrected chi connectivity index (χ2v) is 5.33. The van der Waals surface area contributed by atoms with Crippen molar-refractivity contribution >= 4 is 22.7 Å². The van der Waals surface area contributed by atoms with Crippen molar-refractivity contribution in [3.63, 3.8) is 0 Å². The topological polar surface area (TPSA) is 87.3 Å². The molecule has 0 spiro atoms. The first-order valence-electron chi connectivity index (χ1n) is 8.10. The van der Waals surface area contributed by atoms with Gasteiger partial charge in [-0.25, -0.2) is 14.8 Å². The minimum absolute atomic E-state index is 0.0694. The summed E-state index contributed by atoms with van der Waals surface area (Å²) in [5.41, 5.74) is 9.76. The van der Waals surface area contributed by atoms with Gasteiger partial charge in [-0.15, -0.1) is 0 Å². The van der Waals surface area contributed by atoms with Crippen molar-refractivity contribution in [2.45, 2.75) is 13.8 Å². The number of nitrogen functional groups attached to an aromatic ring is 1. The molecular formula is C19H19N3O3. The van der Waals surface area contributed by atoms with Gasteiger partial charge in [0.2, 0.25) is 11.6 Å². The highest BCUT2D eigenvalue weighted by Gasteiger charge is 2.20. The van der Waals surface area contributed by atoms with Gasteiger partial charge in [0.15, 0.2) is 0 Å². The van der Waals surface area contributed by atoms with Crippen LogP contribution in [0.25, 0.3) is 22.2 Å². The van der Waals surface area contributed by atoms with Crippen LogP contribution in [0.1, 0.15) is 24.3 Å². The monoisotopic (exact) mass is 337 g/mol. The van der Waals surface area contributed by atoms with Crippen molar-refractivity contribution in [1.29, 1.82) is 0 Å². The molecule has 0 fully saturated rings. The standard InChI is InChI=1S/C19H19N3O3/c1-3-24-18-17(19(23)25-4-2)21-15-10-13(12-8-6-5-7-9-12)14(20)11-16(15)22-18/h5-11H,3-4,20H2,1-2H3. The van der Waals surface area contributed by atoms with Gasteiger partial charge in [0.05, 0.1) is 24.2 Å². The third-order valence-corrected chi connectivity index (χ3v) is 3.64. The smallest absolute Gasteiger partial charge is 0.362 e. The average molecular weight is 337 g/mol. The molecule has 1 aromatic heterocycles. The molecule has 2 N–H and O–H groups in total. The molecule has 0 saturated heterocycles. The number of carbonyl (C=O) groups excluding carboxylic acids is 1. The maximum Gasteiger partial charge on any atom is 0.362 e. The quantitative estimate of drug-likeness (QED) is 0.567. The number of hydrogen-bond acceptors (Lipinski definition) is 6. The number of anilines is 1. The fraction of sp³-hybridized carbons (Fsp3) is 0.211. The second-order valence-electron chi connectivity index (χ2n) is 5.33. The van der Waals surface area contributed by atoms with Gasteiger partial charge in [-0.1, -0.05) is 30.3 Å². The zero-order valence-electron chi connectivity index (χ0n) is 14.2. The van der Waals surface area contributed by atoms with Crippen LogP contribution in [0.2, 0.25) is 0 Å². The highest BCUT2D eigenvalue weighted by atomic mass is 16.5. The molecule has 0 radical (unpaired) electrons. The Morgan fingerprint density at radius 1 is 1.04 bits per heavy atom. The van der Waals surface area contributed by atoms with Crippen molar-refractivity contribution in [2.75, 3.05) is 18.9 Å². The predicted molar refractivity (Wildman–Crippen MR) is 96.5 cm³/mol. The zero-order chi connectivity index (χ0) is 17.8. The van der Waals surface area contributed by atoms with Gasteiger partial charge >= 0.3 is 5.97 Å². The largest absolute Gasteiger partial charge is 0.476 e. The molecule has 0 saturated carbocycles. The molecule has 25 heavy (non-hydrogen) atoms. The van der Waals surface area contributed by atoms with Crippen molar-refractivity contribution in [1.82, 2.24) is 9.97 Å². The van der Waals surface area contributed by atoms with Crippen molar-refractivity contribution in [3.05, 3.63) is 48.2 Å². The number of benzene rings is 2. The Kier molecular flexibility index (Phi) is 4.79. The maximum atomic E-state index is 12.2. The van der Waals surface area contributed by atoms with Crippen LogP contribution < -0.4 is 10.5 Å². The highest BCUT2D eigenvalue weighted by molar-refractivity contribution is 5.95. The van der Waals surface area contributed by atoms with E-state index in [9.17, 15) is 4.79 Å². The lowest BCUT2D eigenvalue weighted by atomic mass is 10.0. The Balaban J connectivity index is 2.18. The summed E-state index contributed by atoms with van der Waals surface area (Å²) in [5.74, 6) is -0.404. The lowest BCUT2D eigenvalue weighted by Gasteiger charge is -2.11.